The van der Waals surface area contributed by atoms with Gasteiger partial charge in [-0.05, 0) is 55.5 Å². The lowest BCUT2D eigenvalue weighted by Gasteiger charge is -2.19. The summed E-state index contributed by atoms with van der Waals surface area (Å²) >= 11 is 0. The first-order valence-corrected chi connectivity index (χ1v) is 10.7. The van der Waals surface area contributed by atoms with Crippen LogP contribution >= 0.6 is 0 Å². The fourth-order valence-corrected chi connectivity index (χ4v) is 3.66. The molecule has 0 saturated carbocycles. The molecular formula is C25H37NO3. The van der Waals surface area contributed by atoms with Gasteiger partial charge in [-0.25, -0.2) is 0 Å². The van der Waals surface area contributed by atoms with E-state index in [4.69, 9.17) is 14.2 Å². The molecule has 0 aromatic heterocycles. The van der Waals surface area contributed by atoms with E-state index in [1.165, 1.54) is 36.8 Å². The van der Waals surface area contributed by atoms with Gasteiger partial charge >= 0.3 is 0 Å². The normalized spacial score (nSPS) is 11.9. The third kappa shape index (κ3) is 6.97. The van der Waals surface area contributed by atoms with Gasteiger partial charge in [0.1, 0.15) is 17.2 Å². The number of rotatable bonds is 13. The Morgan fingerprint density at radius 3 is 2.14 bits per heavy atom. The summed E-state index contributed by atoms with van der Waals surface area (Å²) in [6.07, 6.45) is 6.87. The summed E-state index contributed by atoms with van der Waals surface area (Å²) in [6, 6.07) is 12.7. The zero-order valence-electron chi connectivity index (χ0n) is 18.7. The Balaban J connectivity index is 2.04. The number of ether oxygens (including phenoxy) is 3. The van der Waals surface area contributed by atoms with Gasteiger partial charge in [-0.3, -0.25) is 0 Å². The minimum absolute atomic E-state index is 0.286. The van der Waals surface area contributed by atoms with Gasteiger partial charge in [-0.1, -0.05) is 44.4 Å². The molecule has 0 spiro atoms. The molecule has 0 aliphatic carbocycles. The number of nitrogens with one attached hydrogen (secondary N) is 1. The molecule has 0 radical (unpaired) electrons. The van der Waals surface area contributed by atoms with Crippen molar-refractivity contribution >= 4 is 0 Å². The number of methoxy groups -OCH3 is 3. The SMILES string of the molecule is CCCCCCc1cc(OC)c(CC(C)NCc2ccccc2OC)cc1OC. The molecule has 0 saturated heterocycles. The molecule has 1 atom stereocenters. The highest BCUT2D eigenvalue weighted by Gasteiger charge is 2.14. The Hall–Kier alpha value is -2.20. The van der Waals surface area contributed by atoms with Crippen molar-refractivity contribution in [1.29, 1.82) is 0 Å². The lowest BCUT2D eigenvalue weighted by molar-refractivity contribution is 0.390. The van der Waals surface area contributed by atoms with Crippen LogP contribution in [0.5, 0.6) is 17.2 Å². The number of aryl methyl sites for hydroxylation is 1. The zero-order chi connectivity index (χ0) is 21.1. The van der Waals surface area contributed by atoms with Gasteiger partial charge in [-0.15, -0.1) is 0 Å². The summed E-state index contributed by atoms with van der Waals surface area (Å²) in [5, 5.41) is 3.60. The van der Waals surface area contributed by atoms with Crippen molar-refractivity contribution in [1.82, 2.24) is 5.32 Å². The molecule has 160 valence electrons. The van der Waals surface area contributed by atoms with Crippen LogP contribution in [0, 0.1) is 0 Å². The molecule has 4 heteroatoms. The number of benzene rings is 2. The maximum Gasteiger partial charge on any atom is 0.123 e. The second-order valence-corrected chi connectivity index (χ2v) is 7.58. The van der Waals surface area contributed by atoms with Gasteiger partial charge in [0.2, 0.25) is 0 Å². The van der Waals surface area contributed by atoms with Crippen molar-refractivity contribution in [2.45, 2.75) is 65.0 Å². The number of unbranched alkanes of at least 4 members (excludes halogenated alkanes) is 3. The molecule has 0 aliphatic heterocycles. The molecule has 2 aromatic rings. The summed E-state index contributed by atoms with van der Waals surface area (Å²) < 4.78 is 16.8. The second kappa shape index (κ2) is 12.4. The fraction of sp³-hybridized carbons (Fsp3) is 0.520. The van der Waals surface area contributed by atoms with E-state index >= 15 is 0 Å². The summed E-state index contributed by atoms with van der Waals surface area (Å²) in [7, 11) is 5.22. The maximum absolute atomic E-state index is 5.71. The summed E-state index contributed by atoms with van der Waals surface area (Å²) in [5.74, 6) is 2.83. The molecule has 2 rings (SSSR count). The Kier molecular flexibility index (Phi) is 9.85. The summed E-state index contributed by atoms with van der Waals surface area (Å²) in [4.78, 5) is 0. The van der Waals surface area contributed by atoms with E-state index in [2.05, 4.69) is 37.4 Å². The Bertz CT molecular complexity index is 745. The third-order valence-corrected chi connectivity index (χ3v) is 5.34. The predicted octanol–water partition coefficient (Wildman–Crippen LogP) is 5.56. The van der Waals surface area contributed by atoms with Crippen LogP contribution < -0.4 is 19.5 Å². The highest BCUT2D eigenvalue weighted by molar-refractivity contribution is 5.47. The first-order chi connectivity index (χ1) is 14.1. The van der Waals surface area contributed by atoms with E-state index in [0.29, 0.717) is 0 Å². The average Bonchev–Trinajstić information content (AvgIpc) is 2.75. The summed E-state index contributed by atoms with van der Waals surface area (Å²) in [5.41, 5.74) is 3.56. The maximum atomic E-state index is 5.71. The number of hydrogen-bond acceptors (Lipinski definition) is 4. The molecule has 0 fully saturated rings. The monoisotopic (exact) mass is 399 g/mol. The standard InChI is InChI=1S/C25H37NO3/c1-6-7-8-9-12-20-16-25(29-5)22(17-24(20)28-4)15-19(2)26-18-21-13-10-11-14-23(21)27-3/h10-11,13-14,16-17,19,26H,6-9,12,15,18H2,1-5H3. The van der Waals surface area contributed by atoms with Gasteiger partial charge in [0, 0.05) is 18.2 Å². The number of para-hydroxylation sites is 1. The summed E-state index contributed by atoms with van der Waals surface area (Å²) in [6.45, 7) is 5.20. The van der Waals surface area contributed by atoms with Crippen LogP contribution in [0.2, 0.25) is 0 Å². The number of hydrogen-bond donors (Lipinski definition) is 1. The van der Waals surface area contributed by atoms with Crippen LogP contribution in [0.15, 0.2) is 36.4 Å². The van der Waals surface area contributed by atoms with E-state index in [0.717, 1.165) is 42.2 Å². The molecular weight excluding hydrogens is 362 g/mol. The largest absolute Gasteiger partial charge is 0.496 e. The molecule has 4 nitrogen and oxygen atoms in total. The van der Waals surface area contributed by atoms with Crippen molar-refractivity contribution in [3.8, 4) is 17.2 Å². The highest BCUT2D eigenvalue weighted by atomic mass is 16.5. The molecule has 0 bridgehead atoms. The van der Waals surface area contributed by atoms with E-state index in [1.54, 1.807) is 21.3 Å². The zero-order valence-corrected chi connectivity index (χ0v) is 18.7. The molecule has 0 heterocycles. The van der Waals surface area contributed by atoms with Crippen LogP contribution in [-0.4, -0.2) is 27.4 Å². The molecule has 29 heavy (non-hydrogen) atoms. The van der Waals surface area contributed by atoms with Crippen LogP contribution in [0.4, 0.5) is 0 Å². The molecule has 0 aliphatic rings. The van der Waals surface area contributed by atoms with Crippen molar-refractivity contribution in [2.24, 2.45) is 0 Å². The van der Waals surface area contributed by atoms with Gasteiger partial charge < -0.3 is 19.5 Å². The first kappa shape index (κ1) is 23.1. The lowest BCUT2D eigenvalue weighted by atomic mass is 9.99. The quantitative estimate of drug-likeness (QED) is 0.448. The van der Waals surface area contributed by atoms with Crippen molar-refractivity contribution in [2.75, 3.05) is 21.3 Å². The van der Waals surface area contributed by atoms with Gasteiger partial charge in [-0.2, -0.15) is 0 Å². The Morgan fingerprint density at radius 1 is 0.793 bits per heavy atom. The van der Waals surface area contributed by atoms with Gasteiger partial charge in [0.05, 0.1) is 21.3 Å². The van der Waals surface area contributed by atoms with E-state index < -0.39 is 0 Å². The van der Waals surface area contributed by atoms with E-state index in [-0.39, 0.29) is 6.04 Å². The fourth-order valence-electron chi connectivity index (χ4n) is 3.66. The molecule has 1 N–H and O–H groups in total. The topological polar surface area (TPSA) is 39.7 Å². The minimum atomic E-state index is 0.286. The Labute approximate surface area is 176 Å². The van der Waals surface area contributed by atoms with Crippen LogP contribution in [0.25, 0.3) is 0 Å². The van der Waals surface area contributed by atoms with Crippen molar-refractivity contribution in [3.63, 3.8) is 0 Å². The second-order valence-electron chi connectivity index (χ2n) is 7.58. The van der Waals surface area contributed by atoms with Gasteiger partial charge in [0.25, 0.3) is 0 Å². The van der Waals surface area contributed by atoms with Crippen LogP contribution in [0.3, 0.4) is 0 Å². The van der Waals surface area contributed by atoms with E-state index in [9.17, 15) is 0 Å². The first-order valence-electron chi connectivity index (χ1n) is 10.7. The molecule has 0 amide bonds. The Morgan fingerprint density at radius 2 is 1.45 bits per heavy atom. The minimum Gasteiger partial charge on any atom is -0.496 e. The average molecular weight is 400 g/mol. The van der Waals surface area contributed by atoms with Crippen molar-refractivity contribution < 1.29 is 14.2 Å². The molecule has 1 unspecified atom stereocenters. The van der Waals surface area contributed by atoms with Crippen molar-refractivity contribution in [3.05, 3.63) is 53.1 Å². The smallest absolute Gasteiger partial charge is 0.123 e. The highest BCUT2D eigenvalue weighted by Crippen LogP contribution is 2.31. The van der Waals surface area contributed by atoms with Crippen LogP contribution in [0.1, 0.15) is 56.2 Å². The van der Waals surface area contributed by atoms with E-state index in [1.807, 2.05) is 18.2 Å². The van der Waals surface area contributed by atoms with Crippen LogP contribution in [-0.2, 0) is 19.4 Å². The molecule has 2 aromatic carbocycles. The lowest BCUT2D eigenvalue weighted by Crippen LogP contribution is -2.28. The third-order valence-electron chi connectivity index (χ3n) is 5.34. The van der Waals surface area contributed by atoms with Gasteiger partial charge in [0.15, 0.2) is 0 Å². The predicted molar refractivity (Wildman–Crippen MR) is 120 cm³/mol.